The highest BCUT2D eigenvalue weighted by molar-refractivity contribution is 7.80. The SMILES string of the molecule is CC1(C)C=C2Nc3ccccc3N(C(=S)Nc3ccccc3)[C@@H](c3ccc(Cl)c(Cl)c3)[C@H]2C(=O)C1. The lowest BCUT2D eigenvalue weighted by molar-refractivity contribution is -0.124. The van der Waals surface area contributed by atoms with Gasteiger partial charge < -0.3 is 15.5 Å². The summed E-state index contributed by atoms with van der Waals surface area (Å²) < 4.78 is 0. The molecule has 0 amide bonds. The van der Waals surface area contributed by atoms with Crippen LogP contribution < -0.4 is 15.5 Å². The van der Waals surface area contributed by atoms with E-state index in [1.807, 2.05) is 71.6 Å². The van der Waals surface area contributed by atoms with E-state index in [0.717, 1.165) is 28.3 Å². The first kappa shape index (κ1) is 23.9. The van der Waals surface area contributed by atoms with Crippen molar-refractivity contribution >= 4 is 63.4 Å². The number of rotatable bonds is 2. The van der Waals surface area contributed by atoms with Crippen molar-refractivity contribution in [3.8, 4) is 0 Å². The number of anilines is 3. The Morgan fingerprint density at radius 3 is 2.49 bits per heavy atom. The van der Waals surface area contributed by atoms with Crippen molar-refractivity contribution in [3.05, 3.63) is 100 Å². The summed E-state index contributed by atoms with van der Waals surface area (Å²) in [4.78, 5) is 15.8. The molecule has 0 bridgehead atoms. The van der Waals surface area contributed by atoms with Crippen LogP contribution >= 0.6 is 35.4 Å². The third-order valence-electron chi connectivity index (χ3n) is 6.42. The highest BCUT2D eigenvalue weighted by Gasteiger charge is 2.45. The fourth-order valence-electron chi connectivity index (χ4n) is 4.98. The Hall–Kier alpha value is -2.86. The minimum absolute atomic E-state index is 0.149. The molecule has 0 radical (unpaired) electrons. The van der Waals surface area contributed by atoms with Gasteiger partial charge in [0.1, 0.15) is 5.78 Å². The molecule has 5 rings (SSSR count). The second-order valence-corrected chi connectivity index (χ2v) is 10.8. The molecule has 2 aliphatic rings. The number of hydrogen-bond acceptors (Lipinski definition) is 3. The highest BCUT2D eigenvalue weighted by Crippen LogP contribution is 2.49. The first-order chi connectivity index (χ1) is 16.7. The van der Waals surface area contributed by atoms with E-state index in [1.165, 1.54) is 0 Å². The Balaban J connectivity index is 1.73. The number of nitrogens with one attached hydrogen (secondary N) is 2. The van der Waals surface area contributed by atoms with Crippen molar-refractivity contribution in [1.82, 2.24) is 0 Å². The van der Waals surface area contributed by atoms with Gasteiger partial charge in [-0.3, -0.25) is 4.79 Å². The number of nitrogens with zero attached hydrogens (tertiary/aromatic N) is 1. The van der Waals surface area contributed by atoms with Gasteiger partial charge in [-0.15, -0.1) is 0 Å². The van der Waals surface area contributed by atoms with Crippen molar-refractivity contribution in [3.63, 3.8) is 0 Å². The maximum Gasteiger partial charge on any atom is 0.178 e. The second-order valence-electron chi connectivity index (χ2n) is 9.64. The van der Waals surface area contributed by atoms with Gasteiger partial charge in [0.05, 0.1) is 33.4 Å². The van der Waals surface area contributed by atoms with Gasteiger partial charge in [0.15, 0.2) is 5.11 Å². The van der Waals surface area contributed by atoms with Crippen LogP contribution in [0.3, 0.4) is 0 Å². The van der Waals surface area contributed by atoms with E-state index in [-0.39, 0.29) is 11.2 Å². The molecule has 4 nitrogen and oxygen atoms in total. The molecule has 3 aromatic carbocycles. The average Bonchev–Trinajstić information content (AvgIpc) is 2.95. The molecule has 35 heavy (non-hydrogen) atoms. The third-order valence-corrected chi connectivity index (χ3v) is 7.46. The Kier molecular flexibility index (Phi) is 6.34. The Morgan fingerprint density at radius 1 is 1.03 bits per heavy atom. The van der Waals surface area contributed by atoms with E-state index in [9.17, 15) is 4.79 Å². The van der Waals surface area contributed by atoms with Crippen molar-refractivity contribution in [2.24, 2.45) is 11.3 Å². The fourth-order valence-corrected chi connectivity index (χ4v) is 5.61. The summed E-state index contributed by atoms with van der Waals surface area (Å²) >= 11 is 18.7. The lowest BCUT2D eigenvalue weighted by Crippen LogP contribution is -2.45. The van der Waals surface area contributed by atoms with Crippen LogP contribution in [0.2, 0.25) is 10.0 Å². The molecule has 0 spiro atoms. The number of carbonyl (C=O) groups excluding carboxylic acids is 1. The van der Waals surface area contributed by atoms with Crippen LogP contribution in [0.1, 0.15) is 31.9 Å². The van der Waals surface area contributed by atoms with Crippen molar-refractivity contribution in [1.29, 1.82) is 0 Å². The van der Waals surface area contributed by atoms with E-state index in [0.29, 0.717) is 21.6 Å². The summed E-state index contributed by atoms with van der Waals surface area (Å²) in [6, 6.07) is 22.9. The molecule has 178 valence electrons. The van der Waals surface area contributed by atoms with Gasteiger partial charge in [-0.2, -0.15) is 0 Å². The number of halogens is 2. The standard InChI is InChI=1S/C28H25Cl2N3OS/c1-28(2)15-22-25(24(34)16-28)26(17-12-13-19(29)20(30)14-17)33(23-11-7-6-10-21(23)32-22)27(35)31-18-8-4-3-5-9-18/h3-15,25-26,32H,16H2,1-2H3,(H,31,35)/t25-,26+/m1/s1. The van der Waals surface area contributed by atoms with Gasteiger partial charge >= 0.3 is 0 Å². The number of fused-ring (bicyclic) bond motifs is 2. The normalized spacial score (nSPS) is 20.6. The molecule has 0 fully saturated rings. The van der Waals surface area contributed by atoms with Crippen LogP contribution in [0.25, 0.3) is 0 Å². The van der Waals surface area contributed by atoms with Gasteiger partial charge in [0.25, 0.3) is 0 Å². The molecule has 2 atom stereocenters. The number of thiocarbonyl (C=S) groups is 1. The molecule has 1 aliphatic heterocycles. The topological polar surface area (TPSA) is 44.4 Å². The number of hydrogen-bond donors (Lipinski definition) is 2. The second kappa shape index (κ2) is 9.30. The van der Waals surface area contributed by atoms with Crippen LogP contribution in [-0.2, 0) is 4.79 Å². The summed E-state index contributed by atoms with van der Waals surface area (Å²) in [5.74, 6) is -0.320. The average molecular weight is 523 g/mol. The first-order valence-electron chi connectivity index (χ1n) is 11.5. The number of benzene rings is 3. The van der Waals surface area contributed by atoms with Crippen molar-refractivity contribution < 1.29 is 4.79 Å². The molecular weight excluding hydrogens is 497 g/mol. The highest BCUT2D eigenvalue weighted by atomic mass is 35.5. The molecule has 0 saturated heterocycles. The quantitative estimate of drug-likeness (QED) is 0.336. The molecule has 0 unspecified atom stereocenters. The molecule has 1 heterocycles. The lowest BCUT2D eigenvalue weighted by atomic mass is 9.72. The minimum atomic E-state index is -0.469. The monoisotopic (exact) mass is 521 g/mol. The van der Waals surface area contributed by atoms with Crippen molar-refractivity contribution in [2.75, 3.05) is 15.5 Å². The zero-order valence-electron chi connectivity index (χ0n) is 19.4. The third kappa shape index (κ3) is 4.68. The van der Waals surface area contributed by atoms with Crippen LogP contribution in [0.5, 0.6) is 0 Å². The van der Waals surface area contributed by atoms with E-state index < -0.39 is 12.0 Å². The van der Waals surface area contributed by atoms with Gasteiger partial charge in [-0.25, -0.2) is 0 Å². The van der Waals surface area contributed by atoms with Crippen LogP contribution in [-0.4, -0.2) is 10.9 Å². The largest absolute Gasteiger partial charge is 0.357 e. The smallest absolute Gasteiger partial charge is 0.178 e. The number of Topliss-reactive ketones (excluding diaryl/α,β-unsaturated/α-hetero) is 1. The van der Waals surface area contributed by atoms with E-state index in [1.54, 1.807) is 6.07 Å². The molecule has 2 N–H and O–H groups in total. The van der Waals surface area contributed by atoms with Crippen LogP contribution in [0.15, 0.2) is 84.6 Å². The number of carbonyl (C=O) groups is 1. The van der Waals surface area contributed by atoms with Gasteiger partial charge in [-0.1, -0.05) is 79.5 Å². The lowest BCUT2D eigenvalue weighted by Gasteiger charge is -2.40. The zero-order valence-corrected chi connectivity index (χ0v) is 21.7. The van der Waals surface area contributed by atoms with E-state index in [4.69, 9.17) is 35.4 Å². The van der Waals surface area contributed by atoms with E-state index in [2.05, 4.69) is 30.6 Å². The Morgan fingerprint density at radius 2 is 1.74 bits per heavy atom. The molecule has 3 aromatic rings. The number of allylic oxidation sites excluding steroid dienone is 1. The zero-order chi connectivity index (χ0) is 24.7. The maximum absolute atomic E-state index is 13.8. The van der Waals surface area contributed by atoms with Gasteiger partial charge in [-0.05, 0) is 59.6 Å². The first-order valence-corrected chi connectivity index (χ1v) is 12.6. The van der Waals surface area contributed by atoms with Gasteiger partial charge in [0, 0.05) is 17.8 Å². The minimum Gasteiger partial charge on any atom is -0.357 e. The van der Waals surface area contributed by atoms with Gasteiger partial charge in [0.2, 0.25) is 0 Å². The Labute approximate surface area is 220 Å². The van der Waals surface area contributed by atoms with E-state index >= 15 is 0 Å². The molecule has 7 heteroatoms. The number of ketones is 1. The molecular formula is C28H25Cl2N3OS. The van der Waals surface area contributed by atoms with Crippen LogP contribution in [0.4, 0.5) is 17.1 Å². The fraction of sp³-hybridized carbons (Fsp3) is 0.214. The summed E-state index contributed by atoms with van der Waals surface area (Å²) in [7, 11) is 0. The van der Waals surface area contributed by atoms with Crippen LogP contribution in [0, 0.1) is 11.3 Å². The maximum atomic E-state index is 13.8. The number of para-hydroxylation sites is 3. The molecule has 1 aliphatic carbocycles. The van der Waals surface area contributed by atoms with Crippen molar-refractivity contribution in [2.45, 2.75) is 26.3 Å². The molecule has 0 saturated carbocycles. The predicted molar refractivity (Wildman–Crippen MR) is 149 cm³/mol. The Bertz CT molecular complexity index is 1340. The summed E-state index contributed by atoms with van der Waals surface area (Å²) in [6.45, 7) is 4.17. The summed E-state index contributed by atoms with van der Waals surface area (Å²) in [5.41, 5.74) is 4.10. The summed E-state index contributed by atoms with van der Waals surface area (Å²) in [6.07, 6.45) is 2.61. The summed E-state index contributed by atoms with van der Waals surface area (Å²) in [5, 5.41) is 8.33. The predicted octanol–water partition coefficient (Wildman–Crippen LogP) is 7.86. The molecule has 0 aromatic heterocycles.